The Morgan fingerprint density at radius 2 is 2.00 bits per heavy atom. The first-order valence-corrected chi connectivity index (χ1v) is 7.02. The van der Waals surface area contributed by atoms with Gasteiger partial charge < -0.3 is 0 Å². The highest BCUT2D eigenvalue weighted by atomic mass is 32.2. The largest absolute Gasteiger partial charge is 0.289 e. The van der Waals surface area contributed by atoms with Gasteiger partial charge in [-0.25, -0.2) is 0 Å². The van der Waals surface area contributed by atoms with Gasteiger partial charge in [0, 0.05) is 5.56 Å². The van der Waals surface area contributed by atoms with Crippen molar-refractivity contribution < 1.29 is 0 Å². The number of benzene rings is 1. The summed E-state index contributed by atoms with van der Waals surface area (Å²) in [4.78, 5) is 0. The zero-order chi connectivity index (χ0) is 12.3. The molecule has 0 bridgehead atoms. The molecule has 0 saturated heterocycles. The summed E-state index contributed by atoms with van der Waals surface area (Å²) in [6.07, 6.45) is 1.99. The van der Waals surface area contributed by atoms with Gasteiger partial charge in [0.2, 0.25) is 0 Å². The zero-order valence-electron chi connectivity index (χ0n) is 9.23. The van der Waals surface area contributed by atoms with E-state index in [1.165, 1.54) is 11.3 Å². The average molecular weight is 258 g/mol. The monoisotopic (exact) mass is 258 g/mol. The van der Waals surface area contributed by atoms with Crippen LogP contribution in [-0.4, -0.2) is 6.26 Å². The highest BCUT2D eigenvalue weighted by molar-refractivity contribution is 8.00. The Kier molecular flexibility index (Phi) is 3.62. The van der Waals surface area contributed by atoms with Crippen LogP contribution in [0.4, 0.5) is 0 Å². The van der Waals surface area contributed by atoms with Gasteiger partial charge in [0.1, 0.15) is 10.7 Å². The number of nitriles is 1. The van der Waals surface area contributed by atoms with Crippen molar-refractivity contribution in [2.75, 3.05) is 6.26 Å². The molecule has 0 aliphatic carbocycles. The van der Waals surface area contributed by atoms with Crippen LogP contribution in [-0.2, 0) is 0 Å². The third-order valence-electron chi connectivity index (χ3n) is 2.34. The molecule has 1 aromatic heterocycles. The lowest BCUT2D eigenvalue weighted by Gasteiger charge is -2.07. The molecule has 0 fully saturated rings. The smallest absolute Gasteiger partial charge is 0.126 e. The van der Waals surface area contributed by atoms with E-state index < -0.39 is 0 Å². The number of rotatable bonds is 2. The summed E-state index contributed by atoms with van der Waals surface area (Å²) in [5.74, 6) is 0. The van der Waals surface area contributed by atoms with Crippen molar-refractivity contribution in [2.45, 2.75) is 4.21 Å². The maximum absolute atomic E-state index is 8.98. The molecule has 4 heteroatoms. The van der Waals surface area contributed by atoms with Crippen molar-refractivity contribution in [1.82, 2.24) is 0 Å². The normalized spacial score (nSPS) is 9.88. The fourth-order valence-corrected chi connectivity index (χ4v) is 3.19. The van der Waals surface area contributed by atoms with Crippen molar-refractivity contribution in [1.29, 1.82) is 10.7 Å². The lowest BCUT2D eigenvalue weighted by atomic mass is 10.1. The molecule has 0 spiro atoms. The van der Waals surface area contributed by atoms with Crippen molar-refractivity contribution >= 4 is 23.1 Å². The second kappa shape index (κ2) is 5.17. The average Bonchev–Trinajstić information content (AvgIpc) is 2.39. The first kappa shape index (κ1) is 11.9. The Hall–Kier alpha value is -1.57. The molecule has 0 atom stereocenters. The maximum atomic E-state index is 8.98. The second-order valence-electron chi connectivity index (χ2n) is 3.37. The van der Waals surface area contributed by atoms with Crippen LogP contribution in [0.1, 0.15) is 5.56 Å². The molecule has 0 aliphatic heterocycles. The molecular formula is C13H10N2S2. The summed E-state index contributed by atoms with van der Waals surface area (Å²) in [5, 5.41) is 16.7. The van der Waals surface area contributed by atoms with Gasteiger partial charge >= 0.3 is 0 Å². The van der Waals surface area contributed by atoms with Gasteiger partial charge in [0.25, 0.3) is 0 Å². The highest BCUT2D eigenvalue weighted by Crippen LogP contribution is 2.32. The maximum Gasteiger partial charge on any atom is 0.126 e. The van der Waals surface area contributed by atoms with E-state index in [2.05, 4.69) is 6.07 Å². The summed E-state index contributed by atoms with van der Waals surface area (Å²) in [6.45, 7) is 0. The first-order chi connectivity index (χ1) is 8.26. The fourth-order valence-electron chi connectivity index (χ4n) is 1.53. The highest BCUT2D eigenvalue weighted by Gasteiger charge is 2.08. The summed E-state index contributed by atoms with van der Waals surface area (Å²) in [7, 11) is 0. The van der Waals surface area contributed by atoms with Crippen LogP contribution in [0.15, 0.2) is 40.6 Å². The van der Waals surface area contributed by atoms with Gasteiger partial charge in [-0.15, -0.1) is 23.1 Å². The quantitative estimate of drug-likeness (QED) is 0.838. The van der Waals surface area contributed by atoms with Crippen LogP contribution >= 0.6 is 23.1 Å². The Balaban J connectivity index is 2.69. The minimum absolute atomic E-state index is 0.330. The van der Waals surface area contributed by atoms with Gasteiger partial charge in [-0.3, -0.25) is 5.41 Å². The van der Waals surface area contributed by atoms with E-state index in [0.717, 1.165) is 15.3 Å². The molecule has 0 aliphatic rings. The van der Waals surface area contributed by atoms with E-state index in [-0.39, 0.29) is 0 Å². The van der Waals surface area contributed by atoms with E-state index in [9.17, 15) is 0 Å². The van der Waals surface area contributed by atoms with Crippen LogP contribution in [0.5, 0.6) is 0 Å². The molecule has 0 unspecified atom stereocenters. The van der Waals surface area contributed by atoms with E-state index in [1.54, 1.807) is 17.8 Å². The Bertz CT molecular complexity index is 624. The summed E-state index contributed by atoms with van der Waals surface area (Å²) < 4.78 is 1.40. The minimum atomic E-state index is 0.330. The van der Waals surface area contributed by atoms with Crippen LogP contribution in [0.25, 0.3) is 11.1 Å². The van der Waals surface area contributed by atoms with E-state index >= 15 is 0 Å². The molecule has 2 aromatic rings. The van der Waals surface area contributed by atoms with Crippen LogP contribution in [0, 0.1) is 16.7 Å². The number of thioether (sulfide) groups is 1. The van der Waals surface area contributed by atoms with Crippen LogP contribution in [0.3, 0.4) is 0 Å². The Morgan fingerprint density at radius 1 is 1.29 bits per heavy atom. The fraction of sp³-hybridized carbons (Fsp3) is 0.0769. The molecule has 1 aromatic carbocycles. The number of hydrogen-bond donors (Lipinski definition) is 1. The van der Waals surface area contributed by atoms with E-state index in [4.69, 9.17) is 10.7 Å². The second-order valence-corrected chi connectivity index (χ2v) is 5.47. The zero-order valence-corrected chi connectivity index (χ0v) is 10.9. The van der Waals surface area contributed by atoms with Gasteiger partial charge in [-0.05, 0) is 17.9 Å². The third-order valence-corrected chi connectivity index (χ3v) is 4.51. The first-order valence-electron chi connectivity index (χ1n) is 4.98. The molecule has 2 rings (SSSR count). The predicted molar refractivity (Wildman–Crippen MR) is 72.1 cm³/mol. The summed E-state index contributed by atoms with van der Waals surface area (Å²) >= 11 is 2.97. The molecule has 0 saturated carbocycles. The van der Waals surface area contributed by atoms with Crippen molar-refractivity contribution in [2.24, 2.45) is 0 Å². The van der Waals surface area contributed by atoms with Gasteiger partial charge in [-0.2, -0.15) is 5.26 Å². The van der Waals surface area contributed by atoms with E-state index in [0.29, 0.717) is 10.2 Å². The third kappa shape index (κ3) is 2.41. The lowest BCUT2D eigenvalue weighted by molar-refractivity contribution is 1.30. The van der Waals surface area contributed by atoms with Crippen molar-refractivity contribution in [3.63, 3.8) is 0 Å². The molecule has 17 heavy (non-hydrogen) atoms. The van der Waals surface area contributed by atoms with E-state index in [1.807, 2.05) is 36.6 Å². The molecule has 1 heterocycles. The SMILES string of the molecule is CSc1sc(=N)c(C#N)cc1-c1ccccc1. The number of hydrogen-bond acceptors (Lipinski definition) is 4. The topological polar surface area (TPSA) is 47.6 Å². The minimum Gasteiger partial charge on any atom is -0.289 e. The molecule has 2 nitrogen and oxygen atoms in total. The van der Waals surface area contributed by atoms with Crippen LogP contribution in [0.2, 0.25) is 0 Å². The lowest BCUT2D eigenvalue weighted by Crippen LogP contribution is -2.01. The Morgan fingerprint density at radius 3 is 2.59 bits per heavy atom. The molecule has 0 amide bonds. The molecule has 84 valence electrons. The van der Waals surface area contributed by atoms with Gasteiger partial charge in [0.05, 0.1) is 9.77 Å². The van der Waals surface area contributed by atoms with Gasteiger partial charge in [-0.1, -0.05) is 30.3 Å². The Labute approximate surface area is 108 Å². The summed E-state index contributed by atoms with van der Waals surface area (Å²) in [6, 6.07) is 13.8. The number of nitrogens with one attached hydrogen (secondary N) is 1. The van der Waals surface area contributed by atoms with Crippen molar-refractivity contribution in [3.8, 4) is 17.2 Å². The molecule has 0 radical (unpaired) electrons. The standard InChI is InChI=1S/C13H10N2S2/c1-16-13-11(9-5-3-2-4-6-9)7-10(8-14)12(15)17-13/h2-7,15H,1H3. The molecule has 1 N–H and O–H groups in total. The van der Waals surface area contributed by atoms with Crippen LogP contribution < -0.4 is 4.67 Å². The predicted octanol–water partition coefficient (Wildman–Crippen LogP) is 3.49. The summed E-state index contributed by atoms with van der Waals surface area (Å²) in [5.41, 5.74) is 2.56. The molecular weight excluding hydrogens is 248 g/mol. The van der Waals surface area contributed by atoms with Gasteiger partial charge in [0.15, 0.2) is 0 Å². The van der Waals surface area contributed by atoms with Crippen molar-refractivity contribution in [3.05, 3.63) is 46.6 Å². The number of nitrogens with zero attached hydrogens (tertiary/aromatic N) is 1.